The molecule has 1 aliphatic heterocycles. The molecule has 2 heterocycles. The van der Waals surface area contributed by atoms with Gasteiger partial charge in [-0.3, -0.25) is 4.79 Å². The molecule has 5 nitrogen and oxygen atoms in total. The second-order valence-electron chi connectivity index (χ2n) is 7.23. The van der Waals surface area contributed by atoms with Crippen LogP contribution >= 0.6 is 23.9 Å². The van der Waals surface area contributed by atoms with Crippen molar-refractivity contribution in [3.05, 3.63) is 47.7 Å². The summed E-state index contributed by atoms with van der Waals surface area (Å²) in [4.78, 5) is 15.0. The van der Waals surface area contributed by atoms with Gasteiger partial charge in [-0.25, -0.2) is 8.78 Å². The molecule has 1 aliphatic rings. The van der Waals surface area contributed by atoms with Crippen molar-refractivity contribution in [3.63, 3.8) is 0 Å². The summed E-state index contributed by atoms with van der Waals surface area (Å²) < 4.78 is 33.1. The van der Waals surface area contributed by atoms with Gasteiger partial charge in [0.15, 0.2) is 11.6 Å². The standard InChI is InChI=1S/C20H19F2N3O2S.ClH/c1-10-8-25(9-11(2)24-10)20(27)15-4-12(3-13-7-23-28-19(13)15)14-5-17(22)18(26)6-16(14)21;/h3-7,10-11,24,26H,8-9H2,1-2H3;1H/t10-,11+;. The number of benzene rings is 2. The molecule has 4 rings (SSSR count). The maximum absolute atomic E-state index is 14.4. The van der Waals surface area contributed by atoms with Crippen molar-refractivity contribution in [2.45, 2.75) is 25.9 Å². The fourth-order valence-electron chi connectivity index (χ4n) is 3.72. The minimum atomic E-state index is -0.919. The highest BCUT2D eigenvalue weighted by atomic mass is 35.5. The van der Waals surface area contributed by atoms with Crippen molar-refractivity contribution in [2.24, 2.45) is 0 Å². The van der Waals surface area contributed by atoms with Crippen LogP contribution in [-0.2, 0) is 0 Å². The molecule has 1 saturated heterocycles. The van der Waals surface area contributed by atoms with E-state index < -0.39 is 17.4 Å². The van der Waals surface area contributed by atoms with Gasteiger partial charge in [0.2, 0.25) is 0 Å². The highest BCUT2D eigenvalue weighted by Gasteiger charge is 2.27. The van der Waals surface area contributed by atoms with Gasteiger partial charge in [0.05, 0.1) is 10.3 Å². The van der Waals surface area contributed by atoms with Crippen LogP contribution in [0.2, 0.25) is 0 Å². The Kier molecular flexibility index (Phi) is 6.07. The normalized spacial score (nSPS) is 19.2. The number of amides is 1. The molecule has 3 aromatic rings. The molecule has 1 fully saturated rings. The highest BCUT2D eigenvalue weighted by molar-refractivity contribution is 7.13. The van der Waals surface area contributed by atoms with Gasteiger partial charge >= 0.3 is 0 Å². The number of phenolic OH excluding ortho intramolecular Hbond substituents is 1. The molecule has 1 aromatic heterocycles. The van der Waals surface area contributed by atoms with Crippen LogP contribution in [0.5, 0.6) is 5.75 Å². The second kappa shape index (κ2) is 8.22. The summed E-state index contributed by atoms with van der Waals surface area (Å²) in [5, 5.41) is 13.5. The minimum Gasteiger partial charge on any atom is -0.505 e. The van der Waals surface area contributed by atoms with E-state index in [1.165, 1.54) is 11.5 Å². The van der Waals surface area contributed by atoms with E-state index >= 15 is 0 Å². The molecule has 2 N–H and O–H groups in total. The van der Waals surface area contributed by atoms with Crippen LogP contribution in [0.1, 0.15) is 24.2 Å². The zero-order valence-corrected chi connectivity index (χ0v) is 17.4. The van der Waals surface area contributed by atoms with Crippen molar-refractivity contribution in [2.75, 3.05) is 13.1 Å². The van der Waals surface area contributed by atoms with Crippen LogP contribution in [0.25, 0.3) is 21.2 Å². The topological polar surface area (TPSA) is 65.5 Å². The Morgan fingerprint density at radius 1 is 1.17 bits per heavy atom. The van der Waals surface area contributed by atoms with Crippen molar-refractivity contribution in [3.8, 4) is 16.9 Å². The predicted octanol–water partition coefficient (Wildman–Crippen LogP) is 4.19. The molecule has 29 heavy (non-hydrogen) atoms. The Morgan fingerprint density at radius 3 is 2.55 bits per heavy atom. The van der Waals surface area contributed by atoms with Crippen molar-refractivity contribution in [1.29, 1.82) is 0 Å². The molecule has 0 radical (unpaired) electrons. The van der Waals surface area contributed by atoms with Gasteiger partial charge < -0.3 is 15.3 Å². The Labute approximate surface area is 176 Å². The number of fused-ring (bicyclic) bond motifs is 1. The largest absolute Gasteiger partial charge is 0.505 e. The van der Waals surface area contributed by atoms with E-state index in [0.717, 1.165) is 12.1 Å². The van der Waals surface area contributed by atoms with E-state index in [-0.39, 0.29) is 36.0 Å². The summed E-state index contributed by atoms with van der Waals surface area (Å²) in [7, 11) is 0. The van der Waals surface area contributed by atoms with Crippen LogP contribution in [0, 0.1) is 11.6 Å². The first-order chi connectivity index (χ1) is 13.3. The SMILES string of the molecule is C[C@@H]1CN(C(=O)c2cc(-c3cc(F)c(O)cc3F)cc3cnsc23)C[C@H](C)N1.Cl. The first-order valence-corrected chi connectivity index (χ1v) is 9.73. The molecular formula is C20H20ClF2N3O2S. The number of rotatable bonds is 2. The third kappa shape index (κ3) is 4.05. The Balaban J connectivity index is 0.00000240. The van der Waals surface area contributed by atoms with Crippen LogP contribution in [0.3, 0.4) is 0 Å². The van der Waals surface area contributed by atoms with Gasteiger partial charge in [-0.2, -0.15) is 4.37 Å². The minimum absolute atomic E-state index is 0. The number of halogens is 3. The van der Waals surface area contributed by atoms with E-state index in [9.17, 15) is 18.7 Å². The number of carbonyl (C=O) groups is 1. The predicted molar refractivity (Wildman–Crippen MR) is 112 cm³/mol. The summed E-state index contributed by atoms with van der Waals surface area (Å²) in [5.41, 5.74) is 0.771. The summed E-state index contributed by atoms with van der Waals surface area (Å²) in [6, 6.07) is 5.26. The summed E-state index contributed by atoms with van der Waals surface area (Å²) in [6.07, 6.45) is 1.61. The Hall–Kier alpha value is -2.29. The first-order valence-electron chi connectivity index (χ1n) is 8.95. The molecule has 0 saturated carbocycles. The number of aromatic nitrogens is 1. The van der Waals surface area contributed by atoms with E-state index in [0.29, 0.717) is 34.3 Å². The molecule has 1 amide bonds. The van der Waals surface area contributed by atoms with Gasteiger partial charge in [0.1, 0.15) is 5.82 Å². The first kappa shape index (κ1) is 21.4. The van der Waals surface area contributed by atoms with Gasteiger partial charge in [-0.1, -0.05) is 0 Å². The number of carbonyl (C=O) groups excluding carboxylic acids is 1. The van der Waals surface area contributed by atoms with Crippen LogP contribution in [0.4, 0.5) is 8.78 Å². The lowest BCUT2D eigenvalue weighted by molar-refractivity contribution is 0.0676. The number of nitrogens with zero attached hydrogens (tertiary/aromatic N) is 2. The number of hydrogen-bond donors (Lipinski definition) is 2. The molecule has 2 aromatic carbocycles. The monoisotopic (exact) mass is 439 g/mol. The van der Waals surface area contributed by atoms with Crippen molar-refractivity contribution in [1.82, 2.24) is 14.6 Å². The van der Waals surface area contributed by atoms with Crippen molar-refractivity contribution < 1.29 is 18.7 Å². The van der Waals surface area contributed by atoms with Crippen LogP contribution in [-0.4, -0.2) is 45.5 Å². The van der Waals surface area contributed by atoms with Crippen LogP contribution < -0.4 is 5.32 Å². The number of piperazine rings is 1. The molecule has 0 unspecified atom stereocenters. The molecule has 9 heteroatoms. The third-order valence-electron chi connectivity index (χ3n) is 4.88. The van der Waals surface area contributed by atoms with Gasteiger partial charge in [0, 0.05) is 48.4 Å². The Bertz CT molecular complexity index is 1070. The average Bonchev–Trinajstić information content (AvgIpc) is 3.11. The third-order valence-corrected chi connectivity index (χ3v) is 5.73. The summed E-state index contributed by atoms with van der Waals surface area (Å²) in [5.74, 6) is -2.59. The lowest BCUT2D eigenvalue weighted by Gasteiger charge is -2.36. The van der Waals surface area contributed by atoms with E-state index in [1.807, 2.05) is 13.8 Å². The zero-order valence-electron chi connectivity index (χ0n) is 15.8. The maximum atomic E-state index is 14.4. The molecule has 154 valence electrons. The quantitative estimate of drug-likeness (QED) is 0.628. The van der Waals surface area contributed by atoms with E-state index in [2.05, 4.69) is 9.69 Å². The van der Waals surface area contributed by atoms with Crippen molar-refractivity contribution >= 4 is 39.9 Å². The lowest BCUT2D eigenvalue weighted by atomic mass is 9.99. The van der Waals surface area contributed by atoms with Crippen LogP contribution in [0.15, 0.2) is 30.5 Å². The van der Waals surface area contributed by atoms with Gasteiger partial charge in [-0.05, 0) is 49.1 Å². The number of phenols is 1. The average molecular weight is 440 g/mol. The maximum Gasteiger partial charge on any atom is 0.255 e. The lowest BCUT2D eigenvalue weighted by Crippen LogP contribution is -2.55. The van der Waals surface area contributed by atoms with E-state index in [4.69, 9.17) is 0 Å². The molecule has 0 spiro atoms. The fourth-order valence-corrected chi connectivity index (χ4v) is 4.45. The molecule has 0 aliphatic carbocycles. The summed E-state index contributed by atoms with van der Waals surface area (Å²) >= 11 is 1.20. The second-order valence-corrected chi connectivity index (χ2v) is 8.03. The smallest absolute Gasteiger partial charge is 0.255 e. The number of hydrogen-bond acceptors (Lipinski definition) is 5. The molecule has 2 atom stereocenters. The Morgan fingerprint density at radius 2 is 1.86 bits per heavy atom. The zero-order chi connectivity index (χ0) is 20.0. The fraction of sp³-hybridized carbons (Fsp3) is 0.300. The summed E-state index contributed by atoms with van der Waals surface area (Å²) in [6.45, 7) is 5.16. The van der Waals surface area contributed by atoms with Gasteiger partial charge in [0.25, 0.3) is 5.91 Å². The van der Waals surface area contributed by atoms with E-state index in [1.54, 1.807) is 23.2 Å². The number of aromatic hydroxyl groups is 1. The number of nitrogens with one attached hydrogen (secondary N) is 1. The molecule has 0 bridgehead atoms. The van der Waals surface area contributed by atoms with Gasteiger partial charge in [-0.15, -0.1) is 12.4 Å². The molecular weight excluding hydrogens is 420 g/mol. The highest BCUT2D eigenvalue weighted by Crippen LogP contribution is 2.34.